The fraction of sp³-hybridized carbons (Fsp3) is 0.588. The summed E-state index contributed by atoms with van der Waals surface area (Å²) in [5, 5.41) is 9.39. The van der Waals surface area contributed by atoms with Gasteiger partial charge < -0.3 is 10.0 Å². The van der Waals surface area contributed by atoms with Crippen LogP contribution in [0.3, 0.4) is 0 Å². The van der Waals surface area contributed by atoms with Crippen molar-refractivity contribution in [2.45, 2.75) is 32.3 Å². The van der Waals surface area contributed by atoms with Crippen molar-refractivity contribution in [1.29, 1.82) is 0 Å². The fourth-order valence-electron chi connectivity index (χ4n) is 2.93. The van der Waals surface area contributed by atoms with E-state index in [1.54, 1.807) is 25.1 Å². The quantitative estimate of drug-likeness (QED) is 0.903. The molecule has 0 spiro atoms. The Morgan fingerprint density at radius 2 is 1.86 bits per heavy atom. The zero-order valence-corrected chi connectivity index (χ0v) is 13.3. The number of piperazine rings is 1. The summed E-state index contributed by atoms with van der Waals surface area (Å²) >= 11 is 0. The van der Waals surface area contributed by atoms with Crippen molar-refractivity contribution in [2.24, 2.45) is 0 Å². The van der Waals surface area contributed by atoms with Crippen LogP contribution in [0.4, 0.5) is 4.39 Å². The van der Waals surface area contributed by atoms with Crippen molar-refractivity contribution in [3.8, 4) is 0 Å². The highest BCUT2D eigenvalue weighted by Gasteiger charge is 2.23. The molecule has 0 radical (unpaired) electrons. The van der Waals surface area contributed by atoms with E-state index in [1.807, 2.05) is 11.8 Å². The second-order valence-electron chi connectivity index (χ2n) is 6.16. The average molecular weight is 308 g/mol. The highest BCUT2D eigenvalue weighted by molar-refractivity contribution is 5.77. The first-order valence-electron chi connectivity index (χ1n) is 7.90. The molecule has 122 valence electrons. The van der Waals surface area contributed by atoms with E-state index < -0.39 is 0 Å². The number of hydrogen-bond donors (Lipinski definition) is 1. The van der Waals surface area contributed by atoms with Crippen LogP contribution in [0.2, 0.25) is 0 Å². The minimum absolute atomic E-state index is 0.0763. The molecule has 1 saturated heterocycles. The summed E-state index contributed by atoms with van der Waals surface area (Å²) in [5.41, 5.74) is 0.601. The maximum Gasteiger partial charge on any atom is 0.223 e. The van der Waals surface area contributed by atoms with Crippen LogP contribution in [0, 0.1) is 5.82 Å². The monoisotopic (exact) mass is 308 g/mol. The zero-order chi connectivity index (χ0) is 16.1. The smallest absolute Gasteiger partial charge is 0.223 e. The summed E-state index contributed by atoms with van der Waals surface area (Å²) in [4.78, 5) is 16.4. The molecule has 1 aliphatic rings. The molecular weight excluding hydrogens is 283 g/mol. The van der Waals surface area contributed by atoms with E-state index in [0.29, 0.717) is 31.6 Å². The third-order valence-corrected chi connectivity index (χ3v) is 4.16. The molecule has 1 aliphatic heterocycles. The number of halogens is 1. The van der Waals surface area contributed by atoms with Crippen molar-refractivity contribution in [1.82, 2.24) is 9.80 Å². The van der Waals surface area contributed by atoms with Crippen molar-refractivity contribution in [2.75, 3.05) is 32.7 Å². The molecular formula is C17H25FN2O2. The number of β-amino-alcohol motifs (C(OH)–C–C–N with tert-alkyl or cyclic N) is 1. The lowest BCUT2D eigenvalue weighted by atomic mass is 9.96. The molecule has 0 unspecified atom stereocenters. The first kappa shape index (κ1) is 16.9. The molecule has 2 rings (SSSR count). The second kappa shape index (κ2) is 7.70. The van der Waals surface area contributed by atoms with Gasteiger partial charge in [-0.15, -0.1) is 0 Å². The van der Waals surface area contributed by atoms with Gasteiger partial charge in [-0.2, -0.15) is 0 Å². The van der Waals surface area contributed by atoms with Crippen LogP contribution < -0.4 is 0 Å². The van der Waals surface area contributed by atoms with E-state index in [4.69, 9.17) is 0 Å². The number of benzene rings is 1. The molecule has 0 saturated carbocycles. The van der Waals surface area contributed by atoms with E-state index >= 15 is 0 Å². The summed E-state index contributed by atoms with van der Waals surface area (Å²) in [5.74, 6) is -0.291. The Morgan fingerprint density at radius 1 is 1.23 bits per heavy atom. The highest BCUT2D eigenvalue weighted by Crippen LogP contribution is 2.23. The van der Waals surface area contributed by atoms with Crippen LogP contribution in [0.5, 0.6) is 0 Å². The van der Waals surface area contributed by atoms with Gasteiger partial charge in [-0.25, -0.2) is 4.39 Å². The summed E-state index contributed by atoms with van der Waals surface area (Å²) in [7, 11) is 0. The number of aliphatic hydroxyl groups is 1. The highest BCUT2D eigenvalue weighted by atomic mass is 19.1. The van der Waals surface area contributed by atoms with E-state index in [9.17, 15) is 14.3 Å². The van der Waals surface area contributed by atoms with Gasteiger partial charge in [0.05, 0.1) is 6.10 Å². The van der Waals surface area contributed by atoms with Crippen molar-refractivity contribution >= 4 is 5.91 Å². The molecule has 1 fully saturated rings. The van der Waals surface area contributed by atoms with Gasteiger partial charge >= 0.3 is 0 Å². The minimum atomic E-state index is -0.344. The predicted molar refractivity (Wildman–Crippen MR) is 84.1 cm³/mol. The Kier molecular flexibility index (Phi) is 5.91. The number of nitrogens with zero attached hydrogens (tertiary/aromatic N) is 2. The zero-order valence-electron chi connectivity index (χ0n) is 13.3. The molecule has 2 atom stereocenters. The molecule has 1 N–H and O–H groups in total. The predicted octanol–water partition coefficient (Wildman–Crippen LogP) is 1.84. The largest absolute Gasteiger partial charge is 0.392 e. The van der Waals surface area contributed by atoms with E-state index in [1.165, 1.54) is 6.07 Å². The van der Waals surface area contributed by atoms with Crippen LogP contribution in [0.15, 0.2) is 24.3 Å². The minimum Gasteiger partial charge on any atom is -0.392 e. The first-order chi connectivity index (χ1) is 10.5. The fourth-order valence-corrected chi connectivity index (χ4v) is 2.93. The molecule has 1 amide bonds. The third-order valence-electron chi connectivity index (χ3n) is 4.16. The number of rotatable bonds is 5. The molecule has 1 aromatic rings. The summed E-state index contributed by atoms with van der Waals surface area (Å²) in [6.07, 6.45) is -0.0134. The van der Waals surface area contributed by atoms with Crippen LogP contribution in [-0.2, 0) is 4.79 Å². The van der Waals surface area contributed by atoms with Crippen LogP contribution in [0.25, 0.3) is 0 Å². The number of carbonyl (C=O) groups is 1. The first-order valence-corrected chi connectivity index (χ1v) is 7.90. The Labute approximate surface area is 131 Å². The molecule has 0 aliphatic carbocycles. The van der Waals surface area contributed by atoms with E-state index in [0.717, 1.165) is 13.1 Å². The standard InChI is InChI=1S/C17H25FN2O2/c1-13(15-5-3-4-6-16(15)18)11-17(22)20-9-7-19(8-10-20)12-14(2)21/h3-6,13-14,21H,7-12H2,1-2H3/t13-,14+/m1/s1. The van der Waals surface area contributed by atoms with Gasteiger partial charge in [-0.3, -0.25) is 9.69 Å². The number of carbonyl (C=O) groups excluding carboxylic acids is 1. The third kappa shape index (κ3) is 4.52. The van der Waals surface area contributed by atoms with E-state index in [2.05, 4.69) is 4.90 Å². The molecule has 22 heavy (non-hydrogen) atoms. The van der Waals surface area contributed by atoms with Crippen molar-refractivity contribution in [3.05, 3.63) is 35.6 Å². The maximum absolute atomic E-state index is 13.8. The van der Waals surface area contributed by atoms with Gasteiger partial charge in [0.25, 0.3) is 0 Å². The van der Waals surface area contributed by atoms with E-state index in [-0.39, 0.29) is 23.7 Å². The van der Waals surface area contributed by atoms with Gasteiger partial charge in [0.15, 0.2) is 0 Å². The summed E-state index contributed by atoms with van der Waals surface area (Å²) < 4.78 is 13.8. The molecule has 1 aromatic carbocycles. The number of aliphatic hydroxyl groups excluding tert-OH is 1. The van der Waals surface area contributed by atoms with Crippen LogP contribution in [0.1, 0.15) is 31.7 Å². The average Bonchev–Trinajstić information content (AvgIpc) is 2.47. The Hall–Kier alpha value is -1.46. The van der Waals surface area contributed by atoms with Gasteiger partial charge in [0, 0.05) is 39.1 Å². The van der Waals surface area contributed by atoms with Crippen molar-refractivity contribution < 1.29 is 14.3 Å². The lowest BCUT2D eigenvalue weighted by Crippen LogP contribution is -2.50. The van der Waals surface area contributed by atoms with Crippen LogP contribution >= 0.6 is 0 Å². The lowest BCUT2D eigenvalue weighted by molar-refractivity contribution is -0.133. The van der Waals surface area contributed by atoms with Crippen LogP contribution in [-0.4, -0.2) is 59.6 Å². The van der Waals surface area contributed by atoms with Gasteiger partial charge in [0.2, 0.25) is 5.91 Å². The number of amides is 1. The Bertz CT molecular complexity index is 499. The topological polar surface area (TPSA) is 43.8 Å². The van der Waals surface area contributed by atoms with Gasteiger partial charge in [0.1, 0.15) is 5.82 Å². The van der Waals surface area contributed by atoms with Gasteiger partial charge in [-0.05, 0) is 24.5 Å². The molecule has 0 aromatic heterocycles. The number of hydrogen-bond acceptors (Lipinski definition) is 3. The molecule has 0 bridgehead atoms. The van der Waals surface area contributed by atoms with Gasteiger partial charge in [-0.1, -0.05) is 25.1 Å². The van der Waals surface area contributed by atoms with Crippen molar-refractivity contribution in [3.63, 3.8) is 0 Å². The summed E-state index contributed by atoms with van der Waals surface area (Å²) in [6.45, 7) is 7.22. The Morgan fingerprint density at radius 3 is 2.45 bits per heavy atom. The second-order valence-corrected chi connectivity index (χ2v) is 6.16. The molecule has 5 heteroatoms. The lowest BCUT2D eigenvalue weighted by Gasteiger charge is -2.35. The normalized spacial score (nSPS) is 19.0. The Balaban J connectivity index is 1.84. The maximum atomic E-state index is 13.8. The molecule has 4 nitrogen and oxygen atoms in total. The summed E-state index contributed by atoms with van der Waals surface area (Å²) in [6, 6.07) is 6.64. The molecule has 1 heterocycles. The SMILES string of the molecule is C[C@H](O)CN1CCN(C(=O)C[C@@H](C)c2ccccc2F)CC1.